The van der Waals surface area contributed by atoms with Gasteiger partial charge in [0.15, 0.2) is 0 Å². The molecule has 0 fully saturated rings. The van der Waals surface area contributed by atoms with E-state index in [0.717, 1.165) is 24.0 Å². The second-order valence-corrected chi connectivity index (χ2v) is 6.13. The molecule has 3 nitrogen and oxygen atoms in total. The molecule has 0 aromatic heterocycles. The van der Waals surface area contributed by atoms with Crippen LogP contribution in [0.2, 0.25) is 6.04 Å². The monoisotopic (exact) mass is 273 g/mol. The average Bonchev–Trinajstić information content (AvgIpc) is 2.47. The van der Waals surface area contributed by atoms with E-state index in [-0.39, 0.29) is 0 Å². The van der Waals surface area contributed by atoms with Gasteiger partial charge in [0, 0.05) is 6.04 Å². The molecule has 0 atom stereocenters. The fourth-order valence-electron chi connectivity index (χ4n) is 1.73. The van der Waals surface area contributed by atoms with Crippen molar-refractivity contribution in [1.82, 2.24) is 0 Å². The van der Waals surface area contributed by atoms with E-state index in [1.807, 2.05) is 60.7 Å². The zero-order chi connectivity index (χ0) is 13.3. The van der Waals surface area contributed by atoms with Crippen molar-refractivity contribution in [2.45, 2.75) is 12.5 Å². The highest BCUT2D eigenvalue weighted by atomic mass is 28.3. The molecule has 2 aromatic carbocycles. The number of para-hydroxylation sites is 2. The van der Waals surface area contributed by atoms with Crippen LogP contribution in [0.25, 0.3) is 0 Å². The summed E-state index contributed by atoms with van der Waals surface area (Å²) < 4.78 is 12.0. The Bertz CT molecular complexity index is 423. The molecule has 0 spiro atoms. The smallest absolute Gasteiger partial charge is 0.444 e. The third-order valence-electron chi connectivity index (χ3n) is 2.67. The van der Waals surface area contributed by atoms with Crippen molar-refractivity contribution >= 4 is 9.28 Å². The van der Waals surface area contributed by atoms with Gasteiger partial charge < -0.3 is 14.6 Å². The Kier molecular flexibility index (Phi) is 5.46. The minimum atomic E-state index is -1.78. The Hall–Kier alpha value is -1.78. The number of hydrogen-bond acceptors (Lipinski definition) is 3. The summed E-state index contributed by atoms with van der Waals surface area (Å²) in [6.45, 7) is 0.666. The number of rotatable bonds is 7. The molecule has 19 heavy (non-hydrogen) atoms. The lowest BCUT2D eigenvalue weighted by molar-refractivity contribution is 0.419. The van der Waals surface area contributed by atoms with Gasteiger partial charge in [-0.3, -0.25) is 0 Å². The van der Waals surface area contributed by atoms with Gasteiger partial charge in [0.2, 0.25) is 0 Å². The minimum absolute atomic E-state index is 0.666. The van der Waals surface area contributed by atoms with Crippen molar-refractivity contribution in [3.8, 4) is 11.5 Å². The first-order valence-electron chi connectivity index (χ1n) is 6.52. The third-order valence-corrected chi connectivity index (χ3v) is 4.62. The van der Waals surface area contributed by atoms with Gasteiger partial charge in [-0.1, -0.05) is 36.4 Å². The molecule has 0 aliphatic rings. The molecule has 0 saturated heterocycles. The van der Waals surface area contributed by atoms with E-state index in [1.165, 1.54) is 0 Å². The molecule has 2 rings (SSSR count). The molecule has 2 aromatic rings. The van der Waals surface area contributed by atoms with E-state index < -0.39 is 9.28 Å². The van der Waals surface area contributed by atoms with Crippen molar-refractivity contribution in [3.63, 3.8) is 0 Å². The van der Waals surface area contributed by atoms with Gasteiger partial charge in [-0.15, -0.1) is 0 Å². The predicted molar refractivity (Wildman–Crippen MR) is 79.8 cm³/mol. The van der Waals surface area contributed by atoms with E-state index in [2.05, 4.69) is 0 Å². The fourth-order valence-corrected chi connectivity index (χ4v) is 3.50. The highest BCUT2D eigenvalue weighted by Gasteiger charge is 2.16. The normalized spacial score (nSPS) is 10.4. The molecule has 0 unspecified atom stereocenters. The summed E-state index contributed by atoms with van der Waals surface area (Å²) in [4.78, 5) is 0. The zero-order valence-corrected chi connectivity index (χ0v) is 12.0. The number of benzene rings is 2. The third kappa shape index (κ3) is 4.77. The molecule has 0 amide bonds. The molecule has 4 heteroatoms. The van der Waals surface area contributed by atoms with E-state index in [0.29, 0.717) is 6.54 Å². The molecule has 0 aliphatic carbocycles. The van der Waals surface area contributed by atoms with Crippen LogP contribution in [-0.2, 0) is 0 Å². The zero-order valence-electron chi connectivity index (χ0n) is 10.9. The Balaban J connectivity index is 1.99. The summed E-state index contributed by atoms with van der Waals surface area (Å²) >= 11 is 0. The summed E-state index contributed by atoms with van der Waals surface area (Å²) in [5.41, 5.74) is 5.57. The van der Waals surface area contributed by atoms with Crippen molar-refractivity contribution < 1.29 is 8.85 Å². The Labute approximate surface area is 115 Å². The maximum atomic E-state index is 5.98. The molecule has 0 saturated carbocycles. The van der Waals surface area contributed by atoms with Crippen LogP contribution < -0.4 is 14.6 Å². The van der Waals surface area contributed by atoms with Gasteiger partial charge in [-0.2, -0.15) is 0 Å². The maximum absolute atomic E-state index is 5.98. The van der Waals surface area contributed by atoms with E-state index in [4.69, 9.17) is 14.6 Å². The van der Waals surface area contributed by atoms with Gasteiger partial charge in [-0.05, 0) is 37.2 Å². The molecule has 2 N–H and O–H groups in total. The highest BCUT2D eigenvalue weighted by Crippen LogP contribution is 2.16. The first-order chi connectivity index (χ1) is 9.38. The average molecular weight is 273 g/mol. The lowest BCUT2D eigenvalue weighted by Gasteiger charge is -2.18. The number of nitrogens with two attached hydrogens (primary N) is 1. The van der Waals surface area contributed by atoms with Gasteiger partial charge in [0.05, 0.1) is 0 Å². The first kappa shape index (κ1) is 13.6. The molecule has 0 heterocycles. The predicted octanol–water partition coefficient (Wildman–Crippen LogP) is 2.71. The van der Waals surface area contributed by atoms with Crippen LogP contribution in [0.1, 0.15) is 6.42 Å². The van der Waals surface area contributed by atoms with Gasteiger partial charge in [0.1, 0.15) is 11.5 Å². The second kappa shape index (κ2) is 7.61. The van der Waals surface area contributed by atoms with Crippen molar-refractivity contribution in [2.24, 2.45) is 5.73 Å². The lowest BCUT2D eigenvalue weighted by atomic mass is 10.3. The van der Waals surface area contributed by atoms with Crippen LogP contribution in [0.4, 0.5) is 0 Å². The molecular weight excluding hydrogens is 254 g/mol. The Morgan fingerprint density at radius 3 is 1.68 bits per heavy atom. The molecular formula is C15H19NO2Si. The van der Waals surface area contributed by atoms with Crippen molar-refractivity contribution in [3.05, 3.63) is 60.7 Å². The molecule has 0 radical (unpaired) electrons. The summed E-state index contributed by atoms with van der Waals surface area (Å²) in [5, 5.41) is 0. The van der Waals surface area contributed by atoms with Crippen LogP contribution in [0.15, 0.2) is 60.7 Å². The largest absolute Gasteiger partial charge is 0.514 e. The van der Waals surface area contributed by atoms with Crippen LogP contribution >= 0.6 is 0 Å². The van der Waals surface area contributed by atoms with Crippen LogP contribution in [-0.4, -0.2) is 15.8 Å². The summed E-state index contributed by atoms with van der Waals surface area (Å²) in [5.74, 6) is 1.74. The molecule has 100 valence electrons. The van der Waals surface area contributed by atoms with Gasteiger partial charge in [-0.25, -0.2) is 0 Å². The Morgan fingerprint density at radius 2 is 1.26 bits per heavy atom. The summed E-state index contributed by atoms with van der Waals surface area (Å²) in [6, 6.07) is 20.5. The first-order valence-corrected chi connectivity index (χ1v) is 8.28. The standard InChI is InChI=1S/C15H19NO2Si/c16-12-7-13-19(17-14-8-3-1-4-9-14)18-15-10-5-2-6-11-15/h1-6,8-11,19H,7,12-13,16H2. The lowest BCUT2D eigenvalue weighted by Crippen LogP contribution is -2.30. The van der Waals surface area contributed by atoms with Crippen LogP contribution in [0, 0.1) is 0 Å². The number of hydrogen-bond donors (Lipinski definition) is 1. The second-order valence-electron chi connectivity index (χ2n) is 4.22. The van der Waals surface area contributed by atoms with Crippen LogP contribution in [0.5, 0.6) is 11.5 Å². The van der Waals surface area contributed by atoms with Crippen molar-refractivity contribution in [2.75, 3.05) is 6.54 Å². The Morgan fingerprint density at radius 1 is 0.789 bits per heavy atom. The van der Waals surface area contributed by atoms with Crippen LogP contribution in [0.3, 0.4) is 0 Å². The minimum Gasteiger partial charge on any atom is -0.514 e. The topological polar surface area (TPSA) is 44.5 Å². The van der Waals surface area contributed by atoms with Crippen molar-refractivity contribution in [1.29, 1.82) is 0 Å². The quantitative estimate of drug-likeness (QED) is 0.789. The van der Waals surface area contributed by atoms with E-state index in [9.17, 15) is 0 Å². The van der Waals surface area contributed by atoms with Gasteiger partial charge in [0.25, 0.3) is 0 Å². The summed E-state index contributed by atoms with van der Waals surface area (Å²) in [6.07, 6.45) is 0.927. The highest BCUT2D eigenvalue weighted by molar-refractivity contribution is 6.46. The maximum Gasteiger partial charge on any atom is 0.444 e. The van der Waals surface area contributed by atoms with E-state index >= 15 is 0 Å². The fraction of sp³-hybridized carbons (Fsp3) is 0.200. The van der Waals surface area contributed by atoms with Gasteiger partial charge >= 0.3 is 9.28 Å². The SMILES string of the molecule is NCCC[SiH](Oc1ccccc1)Oc1ccccc1. The molecule has 0 aliphatic heterocycles. The summed E-state index contributed by atoms with van der Waals surface area (Å²) in [7, 11) is -1.78. The molecule has 0 bridgehead atoms. The van der Waals surface area contributed by atoms with E-state index in [1.54, 1.807) is 0 Å².